The molecule has 1 aliphatic heterocycles. The molecule has 8 nitrogen and oxygen atoms in total. The summed E-state index contributed by atoms with van der Waals surface area (Å²) >= 11 is 1.30. The molecule has 1 saturated heterocycles. The van der Waals surface area contributed by atoms with Crippen molar-refractivity contribution in [3.8, 4) is 5.75 Å². The number of nitrogens with zero attached hydrogens (tertiary/aromatic N) is 2. The van der Waals surface area contributed by atoms with Crippen LogP contribution in [0.25, 0.3) is 0 Å². The Morgan fingerprint density at radius 2 is 1.94 bits per heavy atom. The number of anilines is 2. The molecule has 1 fully saturated rings. The molecule has 0 spiro atoms. The van der Waals surface area contributed by atoms with Crippen LogP contribution in [0.1, 0.15) is 28.8 Å². The van der Waals surface area contributed by atoms with Crippen LogP contribution in [0.15, 0.2) is 58.9 Å². The minimum atomic E-state index is -3.95. The van der Waals surface area contributed by atoms with Gasteiger partial charge in [0, 0.05) is 18.5 Å². The Bertz CT molecular complexity index is 1220. The van der Waals surface area contributed by atoms with E-state index in [2.05, 4.69) is 38.9 Å². The van der Waals surface area contributed by atoms with E-state index in [1.807, 2.05) is 6.07 Å². The van der Waals surface area contributed by atoms with E-state index < -0.39 is 16.0 Å². The van der Waals surface area contributed by atoms with Gasteiger partial charge in [-0.25, -0.2) is 9.78 Å². The number of ether oxygens (including phenoxy) is 1. The summed E-state index contributed by atoms with van der Waals surface area (Å²) < 4.78 is 33.4. The molecule has 2 N–H and O–H groups in total. The number of carboxylic acid groups (broad SMARTS) is 1. The lowest BCUT2D eigenvalue weighted by Crippen LogP contribution is -2.34. The number of carbonyl (C=O) groups is 1. The summed E-state index contributed by atoms with van der Waals surface area (Å²) in [6.07, 6.45) is 3.11. The van der Waals surface area contributed by atoms with Gasteiger partial charge in [-0.1, -0.05) is 30.3 Å². The molecule has 2 aromatic carbocycles. The van der Waals surface area contributed by atoms with Crippen LogP contribution in [0.4, 0.5) is 10.8 Å². The molecule has 4 rings (SSSR count). The molecule has 0 saturated carbocycles. The summed E-state index contributed by atoms with van der Waals surface area (Å²) in [6.45, 7) is 1.67. The number of methoxy groups -OCH3 is 1. The van der Waals surface area contributed by atoms with Crippen LogP contribution in [0.2, 0.25) is 0 Å². The molecule has 174 valence electrons. The van der Waals surface area contributed by atoms with Gasteiger partial charge in [-0.15, -0.1) is 11.3 Å². The Kier molecular flexibility index (Phi) is 6.85. The Balaban J connectivity index is 1.41. The molecule has 1 aromatic heterocycles. The van der Waals surface area contributed by atoms with Crippen LogP contribution >= 0.6 is 11.3 Å². The second-order valence-corrected chi connectivity index (χ2v) is 10.4. The van der Waals surface area contributed by atoms with Crippen molar-refractivity contribution in [1.29, 1.82) is 0 Å². The number of hydrogen-bond donors (Lipinski definition) is 2. The van der Waals surface area contributed by atoms with Crippen LogP contribution in [0, 0.1) is 5.92 Å². The first-order valence-electron chi connectivity index (χ1n) is 10.5. The van der Waals surface area contributed by atoms with Gasteiger partial charge in [-0.3, -0.25) is 4.72 Å². The number of piperidine rings is 1. The molecule has 1 aliphatic rings. The van der Waals surface area contributed by atoms with E-state index in [-0.39, 0.29) is 22.0 Å². The highest BCUT2D eigenvalue weighted by Crippen LogP contribution is 2.32. The molecule has 0 bridgehead atoms. The van der Waals surface area contributed by atoms with Crippen molar-refractivity contribution in [1.82, 2.24) is 4.98 Å². The average molecular weight is 488 g/mol. The molecule has 0 atom stereocenters. The highest BCUT2D eigenvalue weighted by atomic mass is 32.2. The maximum absolute atomic E-state index is 12.9. The van der Waals surface area contributed by atoms with Crippen molar-refractivity contribution < 1.29 is 23.1 Å². The first-order chi connectivity index (χ1) is 15.9. The highest BCUT2D eigenvalue weighted by molar-refractivity contribution is 7.92. The highest BCUT2D eigenvalue weighted by Gasteiger charge is 2.25. The zero-order chi connectivity index (χ0) is 23.4. The van der Waals surface area contributed by atoms with Gasteiger partial charge < -0.3 is 14.7 Å². The van der Waals surface area contributed by atoms with Crippen molar-refractivity contribution in [3.05, 3.63) is 65.0 Å². The lowest BCUT2D eigenvalue weighted by atomic mass is 9.90. The Hall–Kier alpha value is -3.11. The van der Waals surface area contributed by atoms with Crippen molar-refractivity contribution in [2.75, 3.05) is 29.8 Å². The van der Waals surface area contributed by atoms with Crippen LogP contribution in [0.3, 0.4) is 0 Å². The molecule has 10 heteroatoms. The van der Waals surface area contributed by atoms with E-state index in [4.69, 9.17) is 9.84 Å². The third-order valence-electron chi connectivity index (χ3n) is 5.69. The third kappa shape index (κ3) is 5.45. The summed E-state index contributed by atoms with van der Waals surface area (Å²) in [5.41, 5.74) is 1.50. The molecule has 0 unspecified atom stereocenters. The third-order valence-corrected chi connectivity index (χ3v) is 7.99. The van der Waals surface area contributed by atoms with Gasteiger partial charge in [0.25, 0.3) is 10.0 Å². The molecule has 2 heterocycles. The summed E-state index contributed by atoms with van der Waals surface area (Å²) in [5, 5.41) is 11.2. The van der Waals surface area contributed by atoms with Crippen molar-refractivity contribution in [3.63, 3.8) is 0 Å². The summed E-state index contributed by atoms with van der Waals surface area (Å²) in [7, 11) is -2.60. The zero-order valence-electron chi connectivity index (χ0n) is 18.1. The quantitative estimate of drug-likeness (QED) is 0.492. The largest absolute Gasteiger partial charge is 0.495 e. The molecular formula is C23H25N3O5S2. The lowest BCUT2D eigenvalue weighted by Gasteiger charge is -2.31. The number of thiazole rings is 1. The van der Waals surface area contributed by atoms with E-state index in [0.29, 0.717) is 11.0 Å². The van der Waals surface area contributed by atoms with Crippen molar-refractivity contribution in [2.24, 2.45) is 5.92 Å². The number of nitrogens with one attached hydrogen (secondary N) is 1. The van der Waals surface area contributed by atoms with Gasteiger partial charge in [-0.05, 0) is 48.9 Å². The van der Waals surface area contributed by atoms with Gasteiger partial charge in [0.1, 0.15) is 5.75 Å². The summed E-state index contributed by atoms with van der Waals surface area (Å²) in [4.78, 5) is 17.6. The van der Waals surface area contributed by atoms with Crippen LogP contribution < -0.4 is 14.4 Å². The van der Waals surface area contributed by atoms with E-state index in [9.17, 15) is 13.2 Å². The zero-order valence-corrected chi connectivity index (χ0v) is 19.7. The molecular weight excluding hydrogens is 462 g/mol. The standard InChI is InChI=1S/C23H25N3O5S2/c1-31-20-14-18(22(27)28)7-8-19(20)25-33(29,30)21-15-32-23(24-21)26-11-9-17(10-12-26)13-16-5-3-2-4-6-16/h2-8,14-15,17,25H,9-13H2,1H3,(H,27,28). The number of carboxylic acids is 1. The molecule has 3 aromatic rings. The maximum atomic E-state index is 12.9. The minimum absolute atomic E-state index is 0.00131. The minimum Gasteiger partial charge on any atom is -0.495 e. The number of benzene rings is 2. The predicted molar refractivity (Wildman–Crippen MR) is 128 cm³/mol. The average Bonchev–Trinajstić information content (AvgIpc) is 3.32. The number of hydrogen-bond acceptors (Lipinski definition) is 7. The summed E-state index contributed by atoms with van der Waals surface area (Å²) in [5.74, 6) is -0.400. The lowest BCUT2D eigenvalue weighted by molar-refractivity contribution is 0.0696. The van der Waals surface area contributed by atoms with Crippen LogP contribution in [0.5, 0.6) is 5.75 Å². The van der Waals surface area contributed by atoms with Gasteiger partial charge in [-0.2, -0.15) is 8.42 Å². The molecule has 0 aliphatic carbocycles. The maximum Gasteiger partial charge on any atom is 0.335 e. The topological polar surface area (TPSA) is 109 Å². The number of aromatic carboxylic acids is 1. The fourth-order valence-electron chi connectivity index (χ4n) is 3.90. The Morgan fingerprint density at radius 3 is 2.61 bits per heavy atom. The number of sulfonamides is 1. The summed E-state index contributed by atoms with van der Waals surface area (Å²) in [6, 6.07) is 14.4. The first-order valence-corrected chi connectivity index (χ1v) is 12.9. The van der Waals surface area contributed by atoms with Gasteiger partial charge in [0.05, 0.1) is 18.4 Å². The van der Waals surface area contributed by atoms with Gasteiger partial charge >= 0.3 is 5.97 Å². The second-order valence-electron chi connectivity index (χ2n) is 7.91. The van der Waals surface area contributed by atoms with Crippen molar-refractivity contribution in [2.45, 2.75) is 24.3 Å². The number of rotatable bonds is 8. The van der Waals surface area contributed by atoms with E-state index in [0.717, 1.165) is 32.4 Å². The van der Waals surface area contributed by atoms with Crippen molar-refractivity contribution >= 4 is 38.1 Å². The van der Waals surface area contributed by atoms with Crippen LogP contribution in [-0.4, -0.2) is 44.7 Å². The predicted octanol–water partition coefficient (Wildman–Crippen LogP) is 4.11. The Morgan fingerprint density at radius 1 is 1.21 bits per heavy atom. The monoisotopic (exact) mass is 487 g/mol. The number of aromatic nitrogens is 1. The van der Waals surface area contributed by atoms with Gasteiger partial charge in [0.2, 0.25) is 0 Å². The smallest absolute Gasteiger partial charge is 0.335 e. The fourth-order valence-corrected chi connectivity index (χ4v) is 6.12. The molecule has 0 amide bonds. The van der Waals surface area contributed by atoms with Crippen LogP contribution in [-0.2, 0) is 16.4 Å². The molecule has 33 heavy (non-hydrogen) atoms. The first kappa shape index (κ1) is 23.1. The normalized spacial score (nSPS) is 14.8. The molecule has 0 radical (unpaired) electrons. The SMILES string of the molecule is COc1cc(C(=O)O)ccc1NS(=O)(=O)c1csc(N2CCC(Cc3ccccc3)CC2)n1. The fraction of sp³-hybridized carbons (Fsp3) is 0.304. The van der Waals surface area contributed by atoms with Gasteiger partial charge in [0.15, 0.2) is 10.2 Å². The Labute approximate surface area is 196 Å². The van der Waals surface area contributed by atoms with E-state index in [1.165, 1.54) is 47.6 Å². The van der Waals surface area contributed by atoms with E-state index >= 15 is 0 Å². The second kappa shape index (κ2) is 9.80. The van der Waals surface area contributed by atoms with E-state index in [1.54, 1.807) is 0 Å².